The summed E-state index contributed by atoms with van der Waals surface area (Å²) in [4.78, 5) is 2.31. The van der Waals surface area contributed by atoms with Gasteiger partial charge < -0.3 is 9.64 Å². The lowest BCUT2D eigenvalue weighted by Crippen LogP contribution is -2.18. The predicted octanol–water partition coefficient (Wildman–Crippen LogP) is 3.71. The number of nitrogens with one attached hydrogen (secondary N) is 1. The molecule has 21 heavy (non-hydrogen) atoms. The molecule has 0 bridgehead atoms. The first-order chi connectivity index (χ1) is 10.1. The predicted molar refractivity (Wildman–Crippen MR) is 86.4 cm³/mol. The van der Waals surface area contributed by atoms with E-state index in [4.69, 9.17) is 4.74 Å². The van der Waals surface area contributed by atoms with Gasteiger partial charge in [-0.05, 0) is 58.1 Å². The molecule has 0 aliphatic carbocycles. The SMILES string of the molecule is CCCN(C)Cc1cn[nH]c1-c1ccc(OC(C)C)cc1. The second-order valence-corrected chi connectivity index (χ2v) is 5.70. The molecule has 0 saturated heterocycles. The third kappa shape index (κ3) is 4.33. The average Bonchev–Trinajstić information content (AvgIpc) is 2.87. The van der Waals surface area contributed by atoms with Crippen molar-refractivity contribution < 1.29 is 4.74 Å². The molecule has 0 aliphatic heterocycles. The summed E-state index contributed by atoms with van der Waals surface area (Å²) < 4.78 is 5.68. The van der Waals surface area contributed by atoms with Crippen molar-refractivity contribution in [2.24, 2.45) is 0 Å². The van der Waals surface area contributed by atoms with E-state index in [1.165, 1.54) is 5.56 Å². The molecule has 0 fully saturated rings. The molecule has 4 heteroatoms. The largest absolute Gasteiger partial charge is 0.491 e. The van der Waals surface area contributed by atoms with Gasteiger partial charge in [-0.25, -0.2) is 0 Å². The van der Waals surface area contributed by atoms with Crippen LogP contribution >= 0.6 is 0 Å². The minimum absolute atomic E-state index is 0.196. The maximum atomic E-state index is 5.68. The molecule has 0 aliphatic rings. The summed E-state index contributed by atoms with van der Waals surface area (Å²) in [7, 11) is 2.14. The highest BCUT2D eigenvalue weighted by Gasteiger charge is 2.10. The van der Waals surface area contributed by atoms with Crippen LogP contribution in [0, 0.1) is 0 Å². The molecule has 0 spiro atoms. The van der Waals surface area contributed by atoms with Gasteiger partial charge in [-0.1, -0.05) is 6.92 Å². The van der Waals surface area contributed by atoms with E-state index in [-0.39, 0.29) is 6.10 Å². The van der Waals surface area contributed by atoms with Crippen molar-refractivity contribution in [3.05, 3.63) is 36.0 Å². The van der Waals surface area contributed by atoms with E-state index in [2.05, 4.69) is 41.2 Å². The van der Waals surface area contributed by atoms with Crippen molar-refractivity contribution in [2.45, 2.75) is 39.8 Å². The van der Waals surface area contributed by atoms with Crippen LogP contribution < -0.4 is 4.74 Å². The molecule has 1 heterocycles. The van der Waals surface area contributed by atoms with Crippen LogP contribution in [0.25, 0.3) is 11.3 Å². The fourth-order valence-electron chi connectivity index (χ4n) is 2.40. The molecule has 4 nitrogen and oxygen atoms in total. The summed E-state index contributed by atoms with van der Waals surface area (Å²) in [5.41, 5.74) is 3.46. The van der Waals surface area contributed by atoms with Gasteiger partial charge >= 0.3 is 0 Å². The Bertz CT molecular complexity index is 545. The van der Waals surface area contributed by atoms with Crippen LogP contribution in [-0.4, -0.2) is 34.8 Å². The fraction of sp³-hybridized carbons (Fsp3) is 0.471. The first-order valence-corrected chi connectivity index (χ1v) is 7.58. The average molecular weight is 287 g/mol. The molecular formula is C17H25N3O. The Morgan fingerprint density at radius 1 is 1.24 bits per heavy atom. The second-order valence-electron chi connectivity index (χ2n) is 5.70. The monoisotopic (exact) mass is 287 g/mol. The topological polar surface area (TPSA) is 41.2 Å². The lowest BCUT2D eigenvalue weighted by Gasteiger charge is -2.15. The highest BCUT2D eigenvalue weighted by Crippen LogP contribution is 2.24. The van der Waals surface area contributed by atoms with Gasteiger partial charge in [0.2, 0.25) is 0 Å². The van der Waals surface area contributed by atoms with E-state index in [1.54, 1.807) is 0 Å². The van der Waals surface area contributed by atoms with E-state index >= 15 is 0 Å². The number of rotatable bonds is 7. The van der Waals surface area contributed by atoms with Crippen molar-refractivity contribution in [1.29, 1.82) is 0 Å². The molecule has 0 amide bonds. The zero-order valence-corrected chi connectivity index (χ0v) is 13.4. The van der Waals surface area contributed by atoms with E-state index in [0.717, 1.165) is 36.5 Å². The summed E-state index contributed by atoms with van der Waals surface area (Å²) in [5.74, 6) is 0.901. The normalized spacial score (nSPS) is 11.3. The minimum atomic E-state index is 0.196. The van der Waals surface area contributed by atoms with Crippen molar-refractivity contribution in [3.8, 4) is 17.0 Å². The lowest BCUT2D eigenvalue weighted by atomic mass is 10.1. The standard InChI is InChI=1S/C17H25N3O/c1-5-10-20(4)12-15-11-18-19-17(15)14-6-8-16(9-7-14)21-13(2)3/h6-9,11,13H,5,10,12H2,1-4H3,(H,18,19). The lowest BCUT2D eigenvalue weighted by molar-refractivity contribution is 0.242. The maximum Gasteiger partial charge on any atom is 0.119 e. The Kier molecular flexibility index (Phi) is 5.39. The van der Waals surface area contributed by atoms with Crippen molar-refractivity contribution >= 4 is 0 Å². The third-order valence-electron chi connectivity index (χ3n) is 3.28. The minimum Gasteiger partial charge on any atom is -0.491 e. The Morgan fingerprint density at radius 2 is 1.95 bits per heavy atom. The van der Waals surface area contributed by atoms with Crippen LogP contribution in [0.5, 0.6) is 5.75 Å². The molecular weight excluding hydrogens is 262 g/mol. The summed E-state index contributed by atoms with van der Waals surface area (Å²) in [6.45, 7) is 8.25. The molecule has 0 saturated carbocycles. The molecule has 0 atom stereocenters. The molecule has 2 rings (SSSR count). The van der Waals surface area contributed by atoms with Gasteiger partial charge in [-0.3, -0.25) is 5.10 Å². The van der Waals surface area contributed by atoms with E-state index < -0.39 is 0 Å². The number of hydrogen-bond acceptors (Lipinski definition) is 3. The molecule has 0 radical (unpaired) electrons. The number of aromatic amines is 1. The van der Waals surface area contributed by atoms with Crippen LogP contribution in [0.3, 0.4) is 0 Å². The third-order valence-corrected chi connectivity index (χ3v) is 3.28. The molecule has 1 aromatic heterocycles. The molecule has 1 N–H and O–H groups in total. The number of hydrogen-bond donors (Lipinski definition) is 1. The zero-order valence-electron chi connectivity index (χ0n) is 13.4. The van der Waals surface area contributed by atoms with Gasteiger partial charge in [0, 0.05) is 17.7 Å². The quantitative estimate of drug-likeness (QED) is 0.844. The second kappa shape index (κ2) is 7.27. The van der Waals surface area contributed by atoms with Gasteiger partial charge in [0.05, 0.1) is 18.0 Å². The summed E-state index contributed by atoms with van der Waals surface area (Å²) >= 11 is 0. The van der Waals surface area contributed by atoms with Crippen LogP contribution in [0.4, 0.5) is 0 Å². The van der Waals surface area contributed by atoms with Crippen LogP contribution in [0.1, 0.15) is 32.8 Å². The molecule has 114 valence electrons. The maximum absolute atomic E-state index is 5.68. The van der Waals surface area contributed by atoms with E-state index in [0.29, 0.717) is 0 Å². The van der Waals surface area contributed by atoms with Gasteiger partial charge in [0.1, 0.15) is 5.75 Å². The molecule has 2 aromatic rings. The Morgan fingerprint density at radius 3 is 2.57 bits per heavy atom. The van der Waals surface area contributed by atoms with E-state index in [9.17, 15) is 0 Å². The van der Waals surface area contributed by atoms with Crippen LogP contribution in [0.2, 0.25) is 0 Å². The molecule has 0 unspecified atom stereocenters. The number of nitrogens with zero attached hydrogens (tertiary/aromatic N) is 2. The zero-order chi connectivity index (χ0) is 15.2. The van der Waals surface area contributed by atoms with Crippen LogP contribution in [0.15, 0.2) is 30.5 Å². The van der Waals surface area contributed by atoms with Gasteiger partial charge in [0.25, 0.3) is 0 Å². The van der Waals surface area contributed by atoms with Crippen molar-refractivity contribution in [3.63, 3.8) is 0 Å². The summed E-state index contributed by atoms with van der Waals surface area (Å²) in [6.07, 6.45) is 3.27. The highest BCUT2D eigenvalue weighted by molar-refractivity contribution is 5.63. The number of H-pyrrole nitrogens is 1. The smallest absolute Gasteiger partial charge is 0.119 e. The first-order valence-electron chi connectivity index (χ1n) is 7.58. The molecule has 1 aromatic carbocycles. The summed E-state index contributed by atoms with van der Waals surface area (Å²) in [5, 5.41) is 7.31. The Balaban J connectivity index is 2.13. The summed E-state index contributed by atoms with van der Waals surface area (Å²) in [6, 6.07) is 8.18. The van der Waals surface area contributed by atoms with Crippen molar-refractivity contribution in [2.75, 3.05) is 13.6 Å². The van der Waals surface area contributed by atoms with E-state index in [1.807, 2.05) is 32.2 Å². The number of aromatic nitrogens is 2. The number of ether oxygens (including phenoxy) is 1. The first kappa shape index (κ1) is 15.6. The van der Waals surface area contributed by atoms with Crippen molar-refractivity contribution in [1.82, 2.24) is 15.1 Å². The Hall–Kier alpha value is -1.81. The van der Waals surface area contributed by atoms with Gasteiger partial charge in [-0.15, -0.1) is 0 Å². The van der Waals surface area contributed by atoms with Crippen LogP contribution in [-0.2, 0) is 6.54 Å². The fourth-order valence-corrected chi connectivity index (χ4v) is 2.40. The Labute approximate surface area is 127 Å². The number of benzene rings is 1. The van der Waals surface area contributed by atoms with Gasteiger partial charge in [-0.2, -0.15) is 5.10 Å². The highest BCUT2D eigenvalue weighted by atomic mass is 16.5. The van der Waals surface area contributed by atoms with Gasteiger partial charge in [0.15, 0.2) is 0 Å².